The number of para-hydroxylation sites is 1. The van der Waals surface area contributed by atoms with Gasteiger partial charge < -0.3 is 5.11 Å². The lowest BCUT2D eigenvalue weighted by Crippen LogP contribution is -2.25. The van der Waals surface area contributed by atoms with Crippen LogP contribution in [0.5, 0.6) is 5.75 Å². The van der Waals surface area contributed by atoms with E-state index in [-0.39, 0.29) is 11.7 Å². The third-order valence-electron chi connectivity index (χ3n) is 2.44. The third kappa shape index (κ3) is 2.19. The zero-order chi connectivity index (χ0) is 12.4. The Morgan fingerprint density at radius 3 is 2.71 bits per heavy atom. The Morgan fingerprint density at radius 1 is 1.41 bits per heavy atom. The molecule has 5 heteroatoms. The van der Waals surface area contributed by atoms with Gasteiger partial charge in [0.2, 0.25) is 0 Å². The summed E-state index contributed by atoms with van der Waals surface area (Å²) >= 11 is 1.41. The second-order valence-electron chi connectivity index (χ2n) is 3.55. The van der Waals surface area contributed by atoms with Crippen molar-refractivity contribution in [1.82, 2.24) is 4.90 Å². The van der Waals surface area contributed by atoms with E-state index in [2.05, 4.69) is 4.99 Å². The molecule has 1 amide bonds. The summed E-state index contributed by atoms with van der Waals surface area (Å²) in [5.74, 6) is -0.0131. The fraction of sp³-hybridized carbons (Fsp3) is 0.167. The first kappa shape index (κ1) is 11.7. The molecule has 0 aromatic heterocycles. The summed E-state index contributed by atoms with van der Waals surface area (Å²) in [4.78, 5) is 17.5. The average Bonchev–Trinajstić information content (AvgIpc) is 2.60. The molecule has 0 saturated heterocycles. The fourth-order valence-electron chi connectivity index (χ4n) is 1.52. The van der Waals surface area contributed by atoms with Gasteiger partial charge in [-0.15, -0.1) is 0 Å². The molecule has 4 nitrogen and oxygen atoms in total. The lowest BCUT2D eigenvalue weighted by Gasteiger charge is -2.07. The van der Waals surface area contributed by atoms with Gasteiger partial charge in [0.1, 0.15) is 11.4 Å². The second kappa shape index (κ2) is 4.63. The number of carbonyl (C=O) groups excluding carboxylic acids is 1. The summed E-state index contributed by atoms with van der Waals surface area (Å²) in [7, 11) is 1.68. The number of benzene rings is 1. The molecule has 2 rings (SSSR count). The molecule has 1 N–H and O–H groups in total. The first-order valence-electron chi connectivity index (χ1n) is 5.04. The topological polar surface area (TPSA) is 52.9 Å². The van der Waals surface area contributed by atoms with Crippen LogP contribution in [0.4, 0.5) is 0 Å². The quantitative estimate of drug-likeness (QED) is 0.772. The standard InChI is InChI=1S/C12H12N2O2S/c1-14-11(16)9(13-12(14)17-2)7-8-5-3-4-6-10(8)15/h3-7,15H,1-2H3/b9-7-. The molecule has 0 spiro atoms. The van der Waals surface area contributed by atoms with Gasteiger partial charge >= 0.3 is 0 Å². The number of aliphatic imine (C=N–C) groups is 1. The predicted octanol–water partition coefficient (Wildman–Crippen LogP) is 1.92. The van der Waals surface area contributed by atoms with Gasteiger partial charge in [-0.05, 0) is 18.4 Å². The summed E-state index contributed by atoms with van der Waals surface area (Å²) in [6.07, 6.45) is 3.46. The van der Waals surface area contributed by atoms with E-state index in [0.29, 0.717) is 16.4 Å². The Bertz CT molecular complexity index is 523. The van der Waals surface area contributed by atoms with Crippen molar-refractivity contribution >= 4 is 28.9 Å². The molecule has 0 unspecified atom stereocenters. The van der Waals surface area contributed by atoms with Crippen molar-refractivity contribution in [2.75, 3.05) is 13.3 Å². The highest BCUT2D eigenvalue weighted by Crippen LogP contribution is 2.24. The summed E-state index contributed by atoms with van der Waals surface area (Å²) in [6, 6.07) is 6.85. The van der Waals surface area contributed by atoms with E-state index < -0.39 is 0 Å². The number of thioether (sulfide) groups is 1. The minimum absolute atomic E-state index is 0.142. The minimum Gasteiger partial charge on any atom is -0.507 e. The van der Waals surface area contributed by atoms with E-state index in [1.807, 2.05) is 6.26 Å². The van der Waals surface area contributed by atoms with Crippen molar-refractivity contribution in [2.45, 2.75) is 0 Å². The molecular formula is C12H12N2O2S. The molecule has 1 heterocycles. The maximum absolute atomic E-state index is 11.8. The van der Waals surface area contributed by atoms with Gasteiger partial charge in [-0.1, -0.05) is 30.0 Å². The number of nitrogens with zero attached hydrogens (tertiary/aromatic N) is 2. The number of aromatic hydroxyl groups is 1. The summed E-state index contributed by atoms with van der Waals surface area (Å²) in [5.41, 5.74) is 0.939. The van der Waals surface area contributed by atoms with Gasteiger partial charge in [0.15, 0.2) is 5.17 Å². The SMILES string of the molecule is CSC1=N/C(=C\c2ccccc2O)C(=O)N1C. The van der Waals surface area contributed by atoms with Crippen molar-refractivity contribution in [3.05, 3.63) is 35.5 Å². The van der Waals surface area contributed by atoms with E-state index in [9.17, 15) is 9.90 Å². The molecule has 1 aromatic carbocycles. The van der Waals surface area contributed by atoms with Crippen LogP contribution in [-0.4, -0.2) is 34.4 Å². The van der Waals surface area contributed by atoms with Crippen molar-refractivity contribution in [2.24, 2.45) is 4.99 Å². The summed E-state index contributed by atoms with van der Waals surface area (Å²) in [5, 5.41) is 10.3. The van der Waals surface area contributed by atoms with E-state index in [1.165, 1.54) is 16.7 Å². The molecule has 0 bridgehead atoms. The highest BCUT2D eigenvalue weighted by atomic mass is 32.2. The molecule has 1 aliphatic rings. The number of hydrogen-bond acceptors (Lipinski definition) is 4. The number of hydrogen-bond donors (Lipinski definition) is 1. The van der Waals surface area contributed by atoms with Crippen LogP contribution in [0.3, 0.4) is 0 Å². The minimum atomic E-state index is -0.155. The number of rotatable bonds is 1. The normalized spacial score (nSPS) is 17.8. The Labute approximate surface area is 104 Å². The average molecular weight is 248 g/mol. The van der Waals surface area contributed by atoms with Gasteiger partial charge in [0.25, 0.3) is 5.91 Å². The van der Waals surface area contributed by atoms with Crippen molar-refractivity contribution in [1.29, 1.82) is 0 Å². The maximum atomic E-state index is 11.8. The van der Waals surface area contributed by atoms with Crippen LogP contribution >= 0.6 is 11.8 Å². The predicted molar refractivity (Wildman–Crippen MR) is 69.8 cm³/mol. The molecular weight excluding hydrogens is 236 g/mol. The number of phenols is 1. The van der Waals surface area contributed by atoms with E-state index in [1.54, 1.807) is 37.4 Å². The third-order valence-corrected chi connectivity index (χ3v) is 3.17. The smallest absolute Gasteiger partial charge is 0.278 e. The van der Waals surface area contributed by atoms with Crippen LogP contribution in [0.1, 0.15) is 5.56 Å². The highest BCUT2D eigenvalue weighted by molar-refractivity contribution is 8.13. The molecule has 0 radical (unpaired) electrons. The Kier molecular flexibility index (Phi) is 3.19. The van der Waals surface area contributed by atoms with Crippen LogP contribution in [-0.2, 0) is 4.79 Å². The maximum Gasteiger partial charge on any atom is 0.278 e. The molecule has 1 aromatic rings. The van der Waals surface area contributed by atoms with Gasteiger partial charge in [0, 0.05) is 12.6 Å². The Morgan fingerprint density at radius 2 is 2.12 bits per heavy atom. The number of carbonyl (C=O) groups is 1. The largest absolute Gasteiger partial charge is 0.507 e. The van der Waals surface area contributed by atoms with Gasteiger partial charge in [-0.2, -0.15) is 0 Å². The lowest BCUT2D eigenvalue weighted by molar-refractivity contribution is -0.121. The van der Waals surface area contributed by atoms with E-state index in [0.717, 1.165) is 0 Å². The lowest BCUT2D eigenvalue weighted by atomic mass is 10.1. The van der Waals surface area contributed by atoms with E-state index in [4.69, 9.17) is 0 Å². The zero-order valence-corrected chi connectivity index (χ0v) is 10.4. The van der Waals surface area contributed by atoms with Crippen molar-refractivity contribution in [3.8, 4) is 5.75 Å². The molecule has 17 heavy (non-hydrogen) atoms. The Balaban J connectivity index is 2.39. The molecule has 0 fully saturated rings. The molecule has 1 aliphatic heterocycles. The van der Waals surface area contributed by atoms with Crippen LogP contribution in [0.25, 0.3) is 6.08 Å². The van der Waals surface area contributed by atoms with Crippen LogP contribution < -0.4 is 0 Å². The number of amidine groups is 1. The van der Waals surface area contributed by atoms with Crippen molar-refractivity contribution in [3.63, 3.8) is 0 Å². The van der Waals surface area contributed by atoms with Gasteiger partial charge in [0.05, 0.1) is 0 Å². The van der Waals surface area contributed by atoms with Crippen LogP contribution in [0.2, 0.25) is 0 Å². The Hall–Kier alpha value is -1.75. The summed E-state index contributed by atoms with van der Waals surface area (Å²) in [6.45, 7) is 0. The second-order valence-corrected chi connectivity index (χ2v) is 4.32. The first-order chi connectivity index (χ1) is 8.13. The first-order valence-corrected chi connectivity index (χ1v) is 6.26. The fourth-order valence-corrected chi connectivity index (χ4v) is 2.06. The molecule has 0 saturated carbocycles. The van der Waals surface area contributed by atoms with Crippen LogP contribution in [0, 0.1) is 0 Å². The molecule has 88 valence electrons. The zero-order valence-electron chi connectivity index (χ0n) is 9.54. The number of phenolic OH excluding ortho intramolecular Hbond substituents is 1. The molecule has 0 atom stereocenters. The van der Waals surface area contributed by atoms with Gasteiger partial charge in [-0.3, -0.25) is 9.69 Å². The summed E-state index contributed by atoms with van der Waals surface area (Å²) < 4.78 is 0. The van der Waals surface area contributed by atoms with E-state index >= 15 is 0 Å². The molecule has 0 aliphatic carbocycles. The number of amides is 1. The highest BCUT2D eigenvalue weighted by Gasteiger charge is 2.26. The van der Waals surface area contributed by atoms with Gasteiger partial charge in [-0.25, -0.2) is 4.99 Å². The van der Waals surface area contributed by atoms with Crippen molar-refractivity contribution < 1.29 is 9.90 Å². The monoisotopic (exact) mass is 248 g/mol. The number of likely N-dealkylation sites (N-methyl/N-ethyl adjacent to an activating group) is 1. The van der Waals surface area contributed by atoms with Crippen LogP contribution in [0.15, 0.2) is 35.0 Å².